The van der Waals surface area contributed by atoms with Gasteiger partial charge in [0.25, 0.3) is 0 Å². The molecule has 2 unspecified atom stereocenters. The van der Waals surface area contributed by atoms with E-state index in [0.717, 1.165) is 23.7 Å². The second-order valence-corrected chi connectivity index (χ2v) is 6.64. The summed E-state index contributed by atoms with van der Waals surface area (Å²) in [5.41, 5.74) is 0. The summed E-state index contributed by atoms with van der Waals surface area (Å²) in [6, 6.07) is 0. The van der Waals surface area contributed by atoms with E-state index < -0.39 is 0 Å². The van der Waals surface area contributed by atoms with Crippen molar-refractivity contribution in [2.75, 3.05) is 0 Å². The molecule has 0 amide bonds. The lowest BCUT2D eigenvalue weighted by Crippen LogP contribution is -2.12. The molecular weight excluding hydrogens is 192 g/mol. The lowest BCUT2D eigenvalue weighted by Gasteiger charge is -2.25. The van der Waals surface area contributed by atoms with Crippen molar-refractivity contribution in [3.63, 3.8) is 0 Å². The van der Waals surface area contributed by atoms with Crippen molar-refractivity contribution < 1.29 is 0 Å². The van der Waals surface area contributed by atoms with Crippen LogP contribution in [0.25, 0.3) is 0 Å². The molecule has 0 saturated heterocycles. The topological polar surface area (TPSA) is 0 Å². The Labute approximate surface area is 103 Å². The smallest absolute Gasteiger partial charge is 0.0412 e. The predicted molar refractivity (Wildman–Crippen MR) is 73.6 cm³/mol. The summed E-state index contributed by atoms with van der Waals surface area (Å²) in [6.45, 7) is 9.60. The van der Waals surface area contributed by atoms with E-state index in [1.54, 1.807) is 0 Å². The van der Waals surface area contributed by atoms with Crippen molar-refractivity contribution >= 4 is 0 Å². The molecule has 1 fully saturated rings. The summed E-state index contributed by atoms with van der Waals surface area (Å²) < 4.78 is 0. The summed E-state index contributed by atoms with van der Waals surface area (Å²) >= 11 is 0. The van der Waals surface area contributed by atoms with Crippen LogP contribution in [-0.4, -0.2) is 0 Å². The maximum Gasteiger partial charge on any atom is -0.0412 e. The van der Waals surface area contributed by atoms with Gasteiger partial charge in [0.15, 0.2) is 0 Å². The van der Waals surface area contributed by atoms with Crippen LogP contribution in [-0.2, 0) is 0 Å². The van der Waals surface area contributed by atoms with E-state index in [0.29, 0.717) is 0 Å². The highest BCUT2D eigenvalue weighted by molar-refractivity contribution is 4.69. The van der Waals surface area contributed by atoms with E-state index in [4.69, 9.17) is 0 Å². The molecule has 1 aliphatic rings. The lowest BCUT2D eigenvalue weighted by atomic mass is 9.81. The zero-order chi connectivity index (χ0) is 12.0. The third-order valence-electron chi connectivity index (χ3n) is 4.71. The first-order chi connectivity index (χ1) is 7.59. The summed E-state index contributed by atoms with van der Waals surface area (Å²) in [7, 11) is 0. The molecule has 0 bridgehead atoms. The van der Waals surface area contributed by atoms with E-state index in [1.807, 2.05) is 0 Å². The Balaban J connectivity index is 2.12. The first kappa shape index (κ1) is 14.1. The van der Waals surface area contributed by atoms with Gasteiger partial charge in [-0.15, -0.1) is 0 Å². The summed E-state index contributed by atoms with van der Waals surface area (Å²) in [5, 5.41) is 0. The van der Waals surface area contributed by atoms with Gasteiger partial charge in [-0.05, 0) is 30.1 Å². The highest BCUT2D eigenvalue weighted by atomic mass is 14.2. The molecule has 0 nitrogen and oxygen atoms in total. The van der Waals surface area contributed by atoms with E-state index in [1.165, 1.54) is 51.4 Å². The zero-order valence-electron chi connectivity index (χ0n) is 12.0. The quantitative estimate of drug-likeness (QED) is 0.545. The Morgan fingerprint density at radius 1 is 0.875 bits per heavy atom. The molecule has 1 saturated carbocycles. The Morgan fingerprint density at radius 3 is 2.06 bits per heavy atom. The van der Waals surface area contributed by atoms with Gasteiger partial charge in [0.2, 0.25) is 0 Å². The van der Waals surface area contributed by atoms with Crippen LogP contribution < -0.4 is 0 Å². The first-order valence-corrected chi connectivity index (χ1v) is 7.59. The van der Waals surface area contributed by atoms with Crippen molar-refractivity contribution in [2.24, 2.45) is 23.7 Å². The van der Waals surface area contributed by atoms with Gasteiger partial charge in [0.1, 0.15) is 0 Å². The summed E-state index contributed by atoms with van der Waals surface area (Å²) in [6.07, 6.45) is 11.9. The minimum absolute atomic E-state index is 0.863. The van der Waals surface area contributed by atoms with Crippen molar-refractivity contribution in [1.29, 1.82) is 0 Å². The van der Waals surface area contributed by atoms with Crippen LogP contribution in [0.15, 0.2) is 0 Å². The van der Waals surface area contributed by atoms with Crippen molar-refractivity contribution in [2.45, 2.75) is 79.1 Å². The van der Waals surface area contributed by atoms with Crippen molar-refractivity contribution in [3.05, 3.63) is 0 Å². The molecule has 2 atom stereocenters. The molecule has 1 aliphatic carbocycles. The molecule has 0 aromatic carbocycles. The average molecular weight is 224 g/mol. The van der Waals surface area contributed by atoms with Crippen molar-refractivity contribution in [3.8, 4) is 0 Å². The van der Waals surface area contributed by atoms with Crippen LogP contribution in [0.3, 0.4) is 0 Å². The fraction of sp³-hybridized carbons (Fsp3) is 1.00. The number of hydrogen-bond donors (Lipinski definition) is 0. The molecule has 0 heteroatoms. The normalized spacial score (nSPS) is 22.3. The van der Waals surface area contributed by atoms with Gasteiger partial charge in [-0.25, -0.2) is 0 Å². The molecule has 0 N–H and O–H groups in total. The maximum absolute atomic E-state index is 2.47. The third-order valence-corrected chi connectivity index (χ3v) is 4.71. The van der Waals surface area contributed by atoms with E-state index in [-0.39, 0.29) is 0 Å². The van der Waals surface area contributed by atoms with Gasteiger partial charge in [-0.2, -0.15) is 0 Å². The largest absolute Gasteiger partial charge is 0.0625 e. The molecular formula is C16H32. The van der Waals surface area contributed by atoms with Gasteiger partial charge in [-0.1, -0.05) is 72.6 Å². The van der Waals surface area contributed by atoms with Crippen molar-refractivity contribution in [1.82, 2.24) is 0 Å². The fourth-order valence-corrected chi connectivity index (χ4v) is 2.99. The van der Waals surface area contributed by atoms with Crippen LogP contribution in [0.4, 0.5) is 0 Å². The van der Waals surface area contributed by atoms with Gasteiger partial charge in [0, 0.05) is 0 Å². The molecule has 96 valence electrons. The van der Waals surface area contributed by atoms with Gasteiger partial charge < -0.3 is 0 Å². The molecule has 1 rings (SSSR count). The second kappa shape index (κ2) is 7.35. The van der Waals surface area contributed by atoms with Crippen LogP contribution >= 0.6 is 0 Å². The number of rotatable bonds is 6. The van der Waals surface area contributed by atoms with Crippen LogP contribution in [0.1, 0.15) is 79.1 Å². The third kappa shape index (κ3) is 5.37. The van der Waals surface area contributed by atoms with E-state index in [9.17, 15) is 0 Å². The summed E-state index contributed by atoms with van der Waals surface area (Å²) in [4.78, 5) is 0. The Kier molecular flexibility index (Phi) is 6.46. The predicted octanol–water partition coefficient (Wildman–Crippen LogP) is 5.67. The van der Waals surface area contributed by atoms with Gasteiger partial charge in [0.05, 0.1) is 0 Å². The summed E-state index contributed by atoms with van der Waals surface area (Å²) in [5.74, 6) is 3.80. The minimum Gasteiger partial charge on any atom is -0.0625 e. The van der Waals surface area contributed by atoms with Crippen LogP contribution in [0.2, 0.25) is 0 Å². The molecule has 0 spiro atoms. The van der Waals surface area contributed by atoms with Gasteiger partial charge in [-0.3, -0.25) is 0 Å². The number of hydrogen-bond acceptors (Lipinski definition) is 0. The minimum atomic E-state index is 0.863. The molecule has 0 aromatic heterocycles. The average Bonchev–Trinajstić information content (AvgIpc) is 2.27. The van der Waals surface area contributed by atoms with E-state index in [2.05, 4.69) is 27.7 Å². The first-order valence-electron chi connectivity index (χ1n) is 7.59. The van der Waals surface area contributed by atoms with Gasteiger partial charge >= 0.3 is 0 Å². The van der Waals surface area contributed by atoms with Crippen LogP contribution in [0.5, 0.6) is 0 Å². The zero-order valence-corrected chi connectivity index (χ0v) is 12.0. The highest BCUT2D eigenvalue weighted by Gasteiger charge is 2.17. The Bertz CT molecular complexity index is 165. The molecule has 0 aliphatic heterocycles. The Morgan fingerprint density at radius 2 is 1.50 bits per heavy atom. The molecule has 0 heterocycles. The molecule has 16 heavy (non-hydrogen) atoms. The van der Waals surface area contributed by atoms with Crippen LogP contribution in [0, 0.1) is 23.7 Å². The lowest BCUT2D eigenvalue weighted by molar-refractivity contribution is 0.270. The highest BCUT2D eigenvalue weighted by Crippen LogP contribution is 2.31. The monoisotopic (exact) mass is 224 g/mol. The van der Waals surface area contributed by atoms with E-state index >= 15 is 0 Å². The fourth-order valence-electron chi connectivity index (χ4n) is 2.99. The standard InChI is InChI=1S/C16H32/c1-13(2)15(4)11-10-14(3)12-16-8-6-5-7-9-16/h13-16H,5-12H2,1-4H3. The molecule has 0 aromatic rings. The second-order valence-electron chi connectivity index (χ2n) is 6.64. The molecule has 0 radical (unpaired) electrons. The Hall–Kier alpha value is 0. The maximum atomic E-state index is 2.47. The SMILES string of the molecule is CC(CCC(C)C(C)C)CC1CCCCC1.